The van der Waals surface area contributed by atoms with Crippen molar-refractivity contribution in [2.45, 2.75) is 32.7 Å². The van der Waals surface area contributed by atoms with Crippen LogP contribution in [0.3, 0.4) is 0 Å². The zero-order valence-electron chi connectivity index (χ0n) is 11.6. The Morgan fingerprint density at radius 3 is 2.84 bits per heavy atom. The number of hydrogen-bond donors (Lipinski definition) is 2. The highest BCUT2D eigenvalue weighted by Crippen LogP contribution is 2.14. The topological polar surface area (TPSA) is 41.1 Å². The Morgan fingerprint density at radius 1 is 1.42 bits per heavy atom. The monoisotopic (exact) mass is 282 g/mol. The molecule has 0 aromatic heterocycles. The van der Waals surface area contributed by atoms with E-state index in [1.165, 1.54) is 0 Å². The van der Waals surface area contributed by atoms with Gasteiger partial charge in [0.25, 0.3) is 5.91 Å². The Kier molecular flexibility index (Phi) is 6.32. The van der Waals surface area contributed by atoms with Crippen LogP contribution in [0.5, 0.6) is 0 Å². The van der Waals surface area contributed by atoms with E-state index in [0.717, 1.165) is 37.1 Å². The van der Waals surface area contributed by atoms with E-state index in [4.69, 9.17) is 0 Å². The molecular weight excluding hydrogens is 260 g/mol. The fourth-order valence-corrected chi connectivity index (χ4v) is 2.52. The predicted molar refractivity (Wildman–Crippen MR) is 81.0 cm³/mol. The SMILES string of the molecule is CCc1ccccc1C(=O)NC1CCNCC1C.Cl. The summed E-state index contributed by atoms with van der Waals surface area (Å²) < 4.78 is 0. The number of benzene rings is 1. The lowest BCUT2D eigenvalue weighted by Gasteiger charge is -2.30. The zero-order valence-corrected chi connectivity index (χ0v) is 12.4. The molecule has 0 spiro atoms. The van der Waals surface area contributed by atoms with Gasteiger partial charge in [-0.05, 0) is 43.5 Å². The van der Waals surface area contributed by atoms with Gasteiger partial charge in [-0.2, -0.15) is 0 Å². The first-order valence-corrected chi connectivity index (χ1v) is 6.82. The molecule has 2 atom stereocenters. The molecule has 0 bridgehead atoms. The van der Waals surface area contributed by atoms with Crippen LogP contribution >= 0.6 is 12.4 Å². The van der Waals surface area contributed by atoms with Gasteiger partial charge in [-0.3, -0.25) is 4.79 Å². The van der Waals surface area contributed by atoms with E-state index in [1.54, 1.807) is 0 Å². The number of hydrogen-bond acceptors (Lipinski definition) is 2. The number of nitrogens with one attached hydrogen (secondary N) is 2. The third-order valence-corrected chi connectivity index (χ3v) is 3.74. The normalized spacial score (nSPS) is 22.4. The van der Waals surface area contributed by atoms with E-state index in [0.29, 0.717) is 12.0 Å². The molecule has 1 aliphatic rings. The Bertz CT molecular complexity index is 422. The molecule has 1 aromatic rings. The van der Waals surface area contributed by atoms with Crippen molar-refractivity contribution in [2.75, 3.05) is 13.1 Å². The van der Waals surface area contributed by atoms with Gasteiger partial charge in [0.1, 0.15) is 0 Å². The van der Waals surface area contributed by atoms with E-state index in [1.807, 2.05) is 24.3 Å². The molecule has 0 aliphatic carbocycles. The molecule has 1 amide bonds. The second-order valence-corrected chi connectivity index (χ2v) is 5.06. The summed E-state index contributed by atoms with van der Waals surface area (Å²) in [4.78, 5) is 12.3. The van der Waals surface area contributed by atoms with Crippen molar-refractivity contribution in [2.24, 2.45) is 5.92 Å². The maximum atomic E-state index is 12.3. The molecule has 2 rings (SSSR count). The first-order chi connectivity index (χ1) is 8.72. The van der Waals surface area contributed by atoms with E-state index in [-0.39, 0.29) is 18.3 Å². The van der Waals surface area contributed by atoms with E-state index < -0.39 is 0 Å². The fourth-order valence-electron chi connectivity index (χ4n) is 2.52. The van der Waals surface area contributed by atoms with Crippen molar-refractivity contribution in [3.8, 4) is 0 Å². The van der Waals surface area contributed by atoms with E-state index >= 15 is 0 Å². The van der Waals surface area contributed by atoms with Gasteiger partial charge in [0, 0.05) is 11.6 Å². The first kappa shape index (κ1) is 16.0. The van der Waals surface area contributed by atoms with Crippen molar-refractivity contribution < 1.29 is 4.79 Å². The lowest BCUT2D eigenvalue weighted by molar-refractivity contribution is 0.0913. The van der Waals surface area contributed by atoms with Crippen LogP contribution in [0.4, 0.5) is 0 Å². The summed E-state index contributed by atoms with van der Waals surface area (Å²) in [5.41, 5.74) is 1.95. The summed E-state index contributed by atoms with van der Waals surface area (Å²) in [6, 6.07) is 8.16. The van der Waals surface area contributed by atoms with Crippen LogP contribution in [-0.4, -0.2) is 25.0 Å². The molecule has 3 nitrogen and oxygen atoms in total. The van der Waals surface area contributed by atoms with Crippen LogP contribution in [-0.2, 0) is 6.42 Å². The van der Waals surface area contributed by atoms with E-state index in [9.17, 15) is 4.79 Å². The zero-order chi connectivity index (χ0) is 13.0. The van der Waals surface area contributed by atoms with Gasteiger partial charge in [0.05, 0.1) is 0 Å². The van der Waals surface area contributed by atoms with Gasteiger partial charge in [-0.15, -0.1) is 12.4 Å². The predicted octanol–water partition coefficient (Wildman–Crippen LogP) is 2.40. The minimum absolute atomic E-state index is 0. The number of amides is 1. The van der Waals surface area contributed by atoms with Crippen molar-refractivity contribution in [1.29, 1.82) is 0 Å². The Morgan fingerprint density at radius 2 is 2.16 bits per heavy atom. The summed E-state index contributed by atoms with van der Waals surface area (Å²) in [5, 5.41) is 6.53. The summed E-state index contributed by atoms with van der Waals surface area (Å²) in [7, 11) is 0. The molecule has 1 saturated heterocycles. The third-order valence-electron chi connectivity index (χ3n) is 3.74. The lowest BCUT2D eigenvalue weighted by atomic mass is 9.94. The molecule has 2 N–H and O–H groups in total. The Balaban J connectivity index is 0.00000180. The molecule has 1 heterocycles. The van der Waals surface area contributed by atoms with Crippen LogP contribution in [0, 0.1) is 5.92 Å². The second kappa shape index (κ2) is 7.51. The average molecular weight is 283 g/mol. The molecule has 1 aliphatic heterocycles. The average Bonchev–Trinajstić information content (AvgIpc) is 2.41. The van der Waals surface area contributed by atoms with Gasteiger partial charge >= 0.3 is 0 Å². The number of aryl methyl sites for hydroxylation is 1. The summed E-state index contributed by atoms with van der Waals surface area (Å²) in [5.74, 6) is 0.572. The number of carbonyl (C=O) groups is 1. The van der Waals surface area contributed by atoms with Crippen LogP contribution in [0.25, 0.3) is 0 Å². The molecular formula is C15H23ClN2O. The van der Waals surface area contributed by atoms with E-state index in [2.05, 4.69) is 24.5 Å². The Hall–Kier alpha value is -1.06. The van der Waals surface area contributed by atoms with Crippen molar-refractivity contribution in [1.82, 2.24) is 10.6 Å². The van der Waals surface area contributed by atoms with Crippen molar-refractivity contribution >= 4 is 18.3 Å². The summed E-state index contributed by atoms with van der Waals surface area (Å²) >= 11 is 0. The van der Waals surface area contributed by atoms with Crippen LogP contribution < -0.4 is 10.6 Å². The standard InChI is InChI=1S/C15H22N2O.ClH/c1-3-12-6-4-5-7-13(12)15(18)17-14-8-9-16-10-11(14)2;/h4-7,11,14,16H,3,8-10H2,1-2H3,(H,17,18);1H. The maximum Gasteiger partial charge on any atom is 0.251 e. The molecule has 0 radical (unpaired) electrons. The van der Waals surface area contributed by atoms with Crippen LogP contribution in [0.2, 0.25) is 0 Å². The largest absolute Gasteiger partial charge is 0.349 e. The van der Waals surface area contributed by atoms with Gasteiger partial charge in [0.15, 0.2) is 0 Å². The van der Waals surface area contributed by atoms with Gasteiger partial charge in [0.2, 0.25) is 0 Å². The minimum atomic E-state index is 0. The smallest absolute Gasteiger partial charge is 0.251 e. The van der Waals surface area contributed by atoms with Crippen molar-refractivity contribution in [3.05, 3.63) is 35.4 Å². The fraction of sp³-hybridized carbons (Fsp3) is 0.533. The molecule has 0 saturated carbocycles. The van der Waals surface area contributed by atoms with Gasteiger partial charge in [-0.1, -0.05) is 32.0 Å². The van der Waals surface area contributed by atoms with Gasteiger partial charge < -0.3 is 10.6 Å². The number of rotatable bonds is 3. The highest BCUT2D eigenvalue weighted by Gasteiger charge is 2.23. The minimum Gasteiger partial charge on any atom is -0.349 e. The summed E-state index contributed by atoms with van der Waals surface area (Å²) in [6.45, 7) is 6.24. The highest BCUT2D eigenvalue weighted by molar-refractivity contribution is 5.95. The molecule has 1 aromatic carbocycles. The molecule has 19 heavy (non-hydrogen) atoms. The van der Waals surface area contributed by atoms with Gasteiger partial charge in [-0.25, -0.2) is 0 Å². The Labute approximate surface area is 121 Å². The third kappa shape index (κ3) is 3.95. The first-order valence-electron chi connectivity index (χ1n) is 6.82. The maximum absolute atomic E-state index is 12.3. The molecule has 4 heteroatoms. The lowest BCUT2D eigenvalue weighted by Crippen LogP contribution is -2.48. The number of halogens is 1. The molecule has 106 valence electrons. The van der Waals surface area contributed by atoms with Crippen LogP contribution in [0.15, 0.2) is 24.3 Å². The molecule has 1 fully saturated rings. The highest BCUT2D eigenvalue weighted by atomic mass is 35.5. The summed E-state index contributed by atoms with van der Waals surface area (Å²) in [6.07, 6.45) is 1.91. The number of carbonyl (C=O) groups excluding carboxylic acids is 1. The van der Waals surface area contributed by atoms with Crippen LogP contribution in [0.1, 0.15) is 36.2 Å². The van der Waals surface area contributed by atoms with Crippen molar-refractivity contribution in [3.63, 3.8) is 0 Å². The molecule has 2 unspecified atom stereocenters. The number of piperidine rings is 1. The second-order valence-electron chi connectivity index (χ2n) is 5.06. The quantitative estimate of drug-likeness (QED) is 0.894.